The van der Waals surface area contributed by atoms with Gasteiger partial charge in [0.15, 0.2) is 0 Å². The Morgan fingerprint density at radius 1 is 1.27 bits per heavy atom. The van der Waals surface area contributed by atoms with Crippen LogP contribution in [0.3, 0.4) is 0 Å². The molecule has 0 N–H and O–H groups in total. The van der Waals surface area contributed by atoms with E-state index in [0.717, 1.165) is 22.7 Å². The van der Waals surface area contributed by atoms with Gasteiger partial charge in [-0.3, -0.25) is 0 Å². The SMILES string of the molecule is CCCC1CC12CC21CC1C. The van der Waals surface area contributed by atoms with Crippen molar-refractivity contribution in [3.63, 3.8) is 0 Å². The van der Waals surface area contributed by atoms with Crippen molar-refractivity contribution in [3.05, 3.63) is 0 Å². The number of rotatable bonds is 2. The minimum atomic E-state index is 0.937. The third-order valence-electron chi connectivity index (χ3n) is 4.82. The Labute approximate surface area is 69.4 Å². The van der Waals surface area contributed by atoms with Gasteiger partial charge in [0.25, 0.3) is 0 Å². The molecule has 0 aromatic rings. The summed E-state index contributed by atoms with van der Waals surface area (Å²) in [6.45, 7) is 4.79. The van der Waals surface area contributed by atoms with Gasteiger partial charge >= 0.3 is 0 Å². The van der Waals surface area contributed by atoms with Gasteiger partial charge in [-0.1, -0.05) is 26.7 Å². The minimum absolute atomic E-state index is 0.937. The highest BCUT2D eigenvalue weighted by molar-refractivity contribution is 5.34. The van der Waals surface area contributed by atoms with E-state index in [-0.39, 0.29) is 0 Å². The van der Waals surface area contributed by atoms with Crippen molar-refractivity contribution in [2.45, 2.75) is 46.0 Å². The summed E-state index contributed by atoms with van der Waals surface area (Å²) < 4.78 is 0. The van der Waals surface area contributed by atoms with Crippen LogP contribution in [0.1, 0.15) is 46.0 Å². The van der Waals surface area contributed by atoms with Gasteiger partial charge in [0.1, 0.15) is 0 Å². The standard InChI is InChI=1S/C11H18/c1-3-4-9-6-11(9)7-10(11)5-8(10)2/h8-9H,3-7H2,1-2H3. The molecule has 62 valence electrons. The quantitative estimate of drug-likeness (QED) is 0.567. The van der Waals surface area contributed by atoms with E-state index in [1.54, 1.807) is 19.3 Å². The van der Waals surface area contributed by atoms with E-state index in [1.165, 1.54) is 12.8 Å². The molecule has 3 aliphatic carbocycles. The van der Waals surface area contributed by atoms with Gasteiger partial charge in [-0.25, -0.2) is 0 Å². The van der Waals surface area contributed by atoms with E-state index in [9.17, 15) is 0 Å². The minimum Gasteiger partial charge on any atom is -0.0654 e. The molecule has 4 unspecified atom stereocenters. The van der Waals surface area contributed by atoms with E-state index < -0.39 is 0 Å². The molecule has 3 rings (SSSR count). The fourth-order valence-corrected chi connectivity index (χ4v) is 3.88. The lowest BCUT2D eigenvalue weighted by atomic mass is 10.1. The maximum absolute atomic E-state index is 2.45. The van der Waals surface area contributed by atoms with Gasteiger partial charge in [-0.05, 0) is 41.9 Å². The van der Waals surface area contributed by atoms with Crippen LogP contribution < -0.4 is 0 Å². The highest BCUT2D eigenvalue weighted by Crippen LogP contribution is 2.93. The molecule has 0 aromatic heterocycles. The zero-order valence-corrected chi connectivity index (χ0v) is 7.69. The topological polar surface area (TPSA) is 0 Å². The van der Waals surface area contributed by atoms with Crippen molar-refractivity contribution in [3.8, 4) is 0 Å². The molecule has 0 aliphatic heterocycles. The monoisotopic (exact) mass is 150 g/mol. The van der Waals surface area contributed by atoms with Gasteiger partial charge in [-0.15, -0.1) is 0 Å². The summed E-state index contributed by atoms with van der Waals surface area (Å²) in [4.78, 5) is 0. The Morgan fingerprint density at radius 2 is 2.00 bits per heavy atom. The molecule has 0 saturated heterocycles. The van der Waals surface area contributed by atoms with Crippen LogP contribution in [-0.2, 0) is 0 Å². The molecule has 0 heterocycles. The summed E-state index contributed by atoms with van der Waals surface area (Å²) in [5.74, 6) is 2.27. The third kappa shape index (κ3) is 0.554. The lowest BCUT2D eigenvalue weighted by molar-refractivity contribution is 0.561. The molecule has 0 nitrogen and oxygen atoms in total. The summed E-state index contributed by atoms with van der Waals surface area (Å²) in [5, 5.41) is 0. The summed E-state index contributed by atoms with van der Waals surface area (Å²) in [6, 6.07) is 0. The van der Waals surface area contributed by atoms with Crippen LogP contribution >= 0.6 is 0 Å². The summed E-state index contributed by atoms with van der Waals surface area (Å²) >= 11 is 0. The molecule has 0 radical (unpaired) electrons. The fraction of sp³-hybridized carbons (Fsp3) is 1.00. The van der Waals surface area contributed by atoms with E-state index >= 15 is 0 Å². The van der Waals surface area contributed by atoms with Crippen LogP contribution in [0.15, 0.2) is 0 Å². The lowest BCUT2D eigenvalue weighted by Crippen LogP contribution is -1.86. The molecule has 0 bridgehead atoms. The normalized spacial score (nSPS) is 63.8. The Kier molecular flexibility index (Phi) is 0.906. The molecule has 4 atom stereocenters. The van der Waals surface area contributed by atoms with E-state index in [0.29, 0.717) is 0 Å². The first-order valence-corrected chi connectivity index (χ1v) is 5.25. The fourth-order valence-electron chi connectivity index (χ4n) is 3.88. The second kappa shape index (κ2) is 1.53. The second-order valence-corrected chi connectivity index (χ2v) is 5.28. The van der Waals surface area contributed by atoms with Gasteiger partial charge < -0.3 is 0 Å². The van der Waals surface area contributed by atoms with Crippen LogP contribution in [0.25, 0.3) is 0 Å². The molecule has 0 aromatic carbocycles. The lowest BCUT2D eigenvalue weighted by Gasteiger charge is -1.93. The Hall–Kier alpha value is 0. The second-order valence-electron chi connectivity index (χ2n) is 5.28. The van der Waals surface area contributed by atoms with Gasteiger partial charge in [0.05, 0.1) is 0 Å². The Balaban J connectivity index is 1.68. The first kappa shape index (κ1) is 6.51. The smallest absolute Gasteiger partial charge is 0.0201 e. The van der Waals surface area contributed by atoms with Crippen molar-refractivity contribution >= 4 is 0 Å². The van der Waals surface area contributed by atoms with Crippen molar-refractivity contribution in [1.29, 1.82) is 0 Å². The molecule has 0 heteroatoms. The molecular weight excluding hydrogens is 132 g/mol. The number of fused-ring (bicyclic) bond motifs is 1. The number of hydrogen-bond acceptors (Lipinski definition) is 0. The molecule has 3 aliphatic rings. The maximum atomic E-state index is 2.45. The average Bonchev–Trinajstić information content (AvgIpc) is 2.82. The highest BCUT2D eigenvalue weighted by Gasteiger charge is 2.86. The summed E-state index contributed by atoms with van der Waals surface area (Å²) in [6.07, 6.45) is 7.73. The van der Waals surface area contributed by atoms with Crippen LogP contribution in [-0.4, -0.2) is 0 Å². The maximum Gasteiger partial charge on any atom is -0.0201 e. The summed E-state index contributed by atoms with van der Waals surface area (Å²) in [5.41, 5.74) is 1.88. The molecule has 0 amide bonds. The first-order chi connectivity index (χ1) is 5.25. The molecule has 11 heavy (non-hydrogen) atoms. The molecule has 3 fully saturated rings. The van der Waals surface area contributed by atoms with Crippen LogP contribution in [0.5, 0.6) is 0 Å². The van der Waals surface area contributed by atoms with Gasteiger partial charge in [0.2, 0.25) is 0 Å². The van der Waals surface area contributed by atoms with Crippen LogP contribution in [0, 0.1) is 22.7 Å². The molecular formula is C11H18. The molecule has 3 saturated carbocycles. The van der Waals surface area contributed by atoms with E-state index in [2.05, 4.69) is 13.8 Å². The largest absolute Gasteiger partial charge is 0.0654 e. The average molecular weight is 150 g/mol. The predicted molar refractivity (Wildman–Crippen MR) is 46.3 cm³/mol. The van der Waals surface area contributed by atoms with Crippen molar-refractivity contribution in [1.82, 2.24) is 0 Å². The Bertz CT molecular complexity index is 208. The Morgan fingerprint density at radius 3 is 2.45 bits per heavy atom. The van der Waals surface area contributed by atoms with Crippen molar-refractivity contribution < 1.29 is 0 Å². The van der Waals surface area contributed by atoms with Gasteiger partial charge in [0, 0.05) is 0 Å². The van der Waals surface area contributed by atoms with E-state index in [4.69, 9.17) is 0 Å². The number of hydrogen-bond donors (Lipinski definition) is 0. The highest BCUT2D eigenvalue weighted by atomic mass is 14.9. The molecule has 2 spiro atoms. The first-order valence-electron chi connectivity index (χ1n) is 5.25. The zero-order chi connectivity index (χ0) is 7.69. The van der Waals surface area contributed by atoms with Crippen LogP contribution in [0.4, 0.5) is 0 Å². The van der Waals surface area contributed by atoms with Crippen molar-refractivity contribution in [2.75, 3.05) is 0 Å². The van der Waals surface area contributed by atoms with Crippen LogP contribution in [0.2, 0.25) is 0 Å². The zero-order valence-electron chi connectivity index (χ0n) is 7.69. The van der Waals surface area contributed by atoms with Gasteiger partial charge in [-0.2, -0.15) is 0 Å². The van der Waals surface area contributed by atoms with Crippen molar-refractivity contribution in [2.24, 2.45) is 22.7 Å². The van der Waals surface area contributed by atoms with E-state index in [1.807, 2.05) is 0 Å². The predicted octanol–water partition coefficient (Wildman–Crippen LogP) is 3.22. The third-order valence-corrected chi connectivity index (χ3v) is 4.82. The summed E-state index contributed by atoms with van der Waals surface area (Å²) in [7, 11) is 0.